The van der Waals surface area contributed by atoms with Crippen LogP contribution in [0, 0.1) is 0 Å². The number of nitrogens with two attached hydrogens (primary N) is 1. The monoisotopic (exact) mass is 154 g/mol. The summed E-state index contributed by atoms with van der Waals surface area (Å²) in [4.78, 5) is 21.6. The van der Waals surface area contributed by atoms with Crippen LogP contribution in [0.1, 0.15) is 19.8 Å². The van der Waals surface area contributed by atoms with Gasteiger partial charge >= 0.3 is 0 Å². The average Bonchev–Trinajstić information content (AvgIpc) is 1.85. The molecule has 0 radical (unpaired) electrons. The van der Waals surface area contributed by atoms with E-state index in [1.54, 1.807) is 6.92 Å². The lowest BCUT2D eigenvalue weighted by Crippen LogP contribution is -2.37. The molecule has 1 heterocycles. The Labute approximate surface area is 64.4 Å². The average molecular weight is 154 g/mol. The van der Waals surface area contributed by atoms with Gasteiger partial charge < -0.3 is 5.73 Å². The molecule has 0 aromatic heterocycles. The molecule has 60 valence electrons. The number of piperidine rings is 1. The van der Waals surface area contributed by atoms with E-state index in [2.05, 4.69) is 5.32 Å². The predicted octanol–water partition coefficient (Wildman–Crippen LogP) is -0.344. The summed E-state index contributed by atoms with van der Waals surface area (Å²) in [5.74, 6) is -0.568. The second-order valence-corrected chi connectivity index (χ2v) is 2.54. The van der Waals surface area contributed by atoms with Crippen molar-refractivity contribution in [3.05, 3.63) is 11.3 Å². The molecule has 11 heavy (non-hydrogen) atoms. The van der Waals surface area contributed by atoms with Gasteiger partial charge in [0.15, 0.2) is 0 Å². The highest BCUT2D eigenvalue weighted by Crippen LogP contribution is 2.12. The number of carbonyl (C=O) groups is 2. The highest BCUT2D eigenvalue weighted by atomic mass is 16.2. The van der Waals surface area contributed by atoms with E-state index in [9.17, 15) is 9.59 Å². The molecule has 1 fully saturated rings. The van der Waals surface area contributed by atoms with Crippen LogP contribution in [0.4, 0.5) is 0 Å². The molecule has 2 amide bonds. The number of carbonyl (C=O) groups excluding carboxylic acids is 2. The summed E-state index contributed by atoms with van der Waals surface area (Å²) in [6, 6.07) is 0. The van der Waals surface area contributed by atoms with Gasteiger partial charge in [0.1, 0.15) is 0 Å². The standard InChI is InChI=1S/C7H10N2O2/c1-4(8)5-2-3-6(10)9-7(5)11/h2-3,8H2,1H3,(H,9,10,11)/b5-4+. The van der Waals surface area contributed by atoms with Gasteiger partial charge in [-0.15, -0.1) is 0 Å². The number of hydrogen-bond acceptors (Lipinski definition) is 3. The van der Waals surface area contributed by atoms with Crippen LogP contribution in [0.15, 0.2) is 11.3 Å². The second kappa shape index (κ2) is 2.74. The lowest BCUT2D eigenvalue weighted by molar-refractivity contribution is -0.130. The molecule has 1 saturated heterocycles. The summed E-state index contributed by atoms with van der Waals surface area (Å²) < 4.78 is 0. The molecule has 1 aliphatic rings. The first-order valence-corrected chi connectivity index (χ1v) is 3.40. The van der Waals surface area contributed by atoms with Gasteiger partial charge in [0.2, 0.25) is 5.91 Å². The lowest BCUT2D eigenvalue weighted by atomic mass is 10.0. The smallest absolute Gasteiger partial charge is 0.255 e. The van der Waals surface area contributed by atoms with Crippen LogP contribution in [0.25, 0.3) is 0 Å². The molecule has 0 aromatic rings. The number of amides is 2. The van der Waals surface area contributed by atoms with E-state index < -0.39 is 0 Å². The Hall–Kier alpha value is -1.32. The zero-order chi connectivity index (χ0) is 8.43. The third-order valence-corrected chi connectivity index (χ3v) is 1.61. The molecule has 0 aromatic carbocycles. The third kappa shape index (κ3) is 1.58. The van der Waals surface area contributed by atoms with E-state index in [4.69, 9.17) is 5.73 Å². The van der Waals surface area contributed by atoms with Crippen LogP contribution in [0.2, 0.25) is 0 Å². The number of imide groups is 1. The summed E-state index contributed by atoms with van der Waals surface area (Å²) in [5.41, 5.74) is 6.44. The Morgan fingerprint density at radius 2 is 2.09 bits per heavy atom. The third-order valence-electron chi connectivity index (χ3n) is 1.61. The van der Waals surface area contributed by atoms with E-state index in [0.717, 1.165) is 0 Å². The van der Waals surface area contributed by atoms with E-state index in [1.807, 2.05) is 0 Å². The Kier molecular flexibility index (Phi) is 1.94. The van der Waals surface area contributed by atoms with Gasteiger partial charge in [-0.1, -0.05) is 0 Å². The molecule has 1 aliphatic heterocycles. The Morgan fingerprint density at radius 3 is 2.55 bits per heavy atom. The number of nitrogens with one attached hydrogen (secondary N) is 1. The van der Waals surface area contributed by atoms with Gasteiger partial charge in [-0.3, -0.25) is 14.9 Å². The Morgan fingerprint density at radius 1 is 1.45 bits per heavy atom. The van der Waals surface area contributed by atoms with Crippen molar-refractivity contribution < 1.29 is 9.59 Å². The van der Waals surface area contributed by atoms with Crippen molar-refractivity contribution in [2.45, 2.75) is 19.8 Å². The fraction of sp³-hybridized carbons (Fsp3) is 0.429. The van der Waals surface area contributed by atoms with Crippen LogP contribution >= 0.6 is 0 Å². The van der Waals surface area contributed by atoms with Crippen LogP contribution in [-0.4, -0.2) is 11.8 Å². The van der Waals surface area contributed by atoms with Crippen molar-refractivity contribution in [3.8, 4) is 0 Å². The molecule has 3 N–H and O–H groups in total. The van der Waals surface area contributed by atoms with E-state index >= 15 is 0 Å². The quantitative estimate of drug-likeness (QED) is 0.370. The molecule has 0 atom stereocenters. The lowest BCUT2D eigenvalue weighted by Gasteiger charge is -2.14. The molecule has 4 nitrogen and oxygen atoms in total. The SMILES string of the molecule is C/C(N)=C1/CCC(=O)NC1=O. The number of rotatable bonds is 0. The molecule has 0 saturated carbocycles. The van der Waals surface area contributed by atoms with Crippen molar-refractivity contribution in [1.82, 2.24) is 5.32 Å². The van der Waals surface area contributed by atoms with Crippen molar-refractivity contribution in [3.63, 3.8) is 0 Å². The first-order chi connectivity index (χ1) is 5.11. The number of hydrogen-bond donors (Lipinski definition) is 2. The first-order valence-electron chi connectivity index (χ1n) is 3.40. The van der Waals surface area contributed by atoms with Gasteiger partial charge in [0, 0.05) is 17.7 Å². The molecule has 4 heteroatoms. The summed E-state index contributed by atoms with van der Waals surface area (Å²) in [6.45, 7) is 1.66. The fourth-order valence-electron chi connectivity index (χ4n) is 0.993. The van der Waals surface area contributed by atoms with Crippen LogP contribution in [0.3, 0.4) is 0 Å². The summed E-state index contributed by atoms with van der Waals surface area (Å²) in [7, 11) is 0. The summed E-state index contributed by atoms with van der Waals surface area (Å²) in [6.07, 6.45) is 0.822. The molecule has 0 bridgehead atoms. The normalized spacial score (nSPS) is 23.0. The van der Waals surface area contributed by atoms with Gasteiger partial charge in [-0.05, 0) is 13.3 Å². The molecule has 0 spiro atoms. The van der Waals surface area contributed by atoms with Crippen molar-refractivity contribution in [2.75, 3.05) is 0 Å². The van der Waals surface area contributed by atoms with E-state index in [0.29, 0.717) is 24.1 Å². The Balaban J connectivity index is 2.81. The minimum Gasteiger partial charge on any atom is -0.402 e. The van der Waals surface area contributed by atoms with E-state index in [1.165, 1.54) is 0 Å². The number of allylic oxidation sites excluding steroid dienone is 1. The molecule has 0 unspecified atom stereocenters. The zero-order valence-corrected chi connectivity index (χ0v) is 6.31. The molecule has 0 aliphatic carbocycles. The minimum atomic E-state index is -0.346. The highest BCUT2D eigenvalue weighted by molar-refractivity contribution is 6.07. The molecular formula is C7H10N2O2. The largest absolute Gasteiger partial charge is 0.402 e. The zero-order valence-electron chi connectivity index (χ0n) is 6.31. The Bertz CT molecular complexity index is 239. The van der Waals surface area contributed by atoms with Gasteiger partial charge in [0.25, 0.3) is 5.91 Å². The summed E-state index contributed by atoms with van der Waals surface area (Å²) in [5, 5.41) is 2.19. The van der Waals surface area contributed by atoms with Crippen LogP contribution in [0.5, 0.6) is 0 Å². The van der Waals surface area contributed by atoms with Crippen LogP contribution < -0.4 is 11.1 Å². The van der Waals surface area contributed by atoms with Crippen molar-refractivity contribution in [1.29, 1.82) is 0 Å². The maximum absolute atomic E-state index is 11.0. The minimum absolute atomic E-state index is 0.222. The van der Waals surface area contributed by atoms with Gasteiger partial charge in [-0.2, -0.15) is 0 Å². The van der Waals surface area contributed by atoms with Crippen molar-refractivity contribution >= 4 is 11.8 Å². The van der Waals surface area contributed by atoms with Crippen molar-refractivity contribution in [2.24, 2.45) is 5.73 Å². The molecule has 1 rings (SSSR count). The predicted molar refractivity (Wildman–Crippen MR) is 39.3 cm³/mol. The summed E-state index contributed by atoms with van der Waals surface area (Å²) >= 11 is 0. The fourth-order valence-corrected chi connectivity index (χ4v) is 0.993. The highest BCUT2D eigenvalue weighted by Gasteiger charge is 2.20. The van der Waals surface area contributed by atoms with Gasteiger partial charge in [-0.25, -0.2) is 0 Å². The van der Waals surface area contributed by atoms with Crippen LogP contribution in [-0.2, 0) is 9.59 Å². The second-order valence-electron chi connectivity index (χ2n) is 2.54. The maximum atomic E-state index is 11.0. The van der Waals surface area contributed by atoms with E-state index in [-0.39, 0.29) is 11.8 Å². The van der Waals surface area contributed by atoms with Gasteiger partial charge in [0.05, 0.1) is 0 Å². The first kappa shape index (κ1) is 7.78. The molecular weight excluding hydrogens is 144 g/mol. The topological polar surface area (TPSA) is 72.2 Å². The maximum Gasteiger partial charge on any atom is 0.255 e.